The zero-order valence-corrected chi connectivity index (χ0v) is 13.0. The summed E-state index contributed by atoms with van der Waals surface area (Å²) in [6.45, 7) is 0.286. The number of halogens is 1. The Kier molecular flexibility index (Phi) is 4.07. The summed E-state index contributed by atoms with van der Waals surface area (Å²) in [6, 6.07) is 8.41. The van der Waals surface area contributed by atoms with E-state index in [1.165, 1.54) is 4.57 Å². The molecule has 6 nitrogen and oxygen atoms in total. The van der Waals surface area contributed by atoms with Crippen molar-refractivity contribution in [1.82, 2.24) is 9.13 Å². The Morgan fingerprint density at radius 1 is 1.30 bits per heavy atom. The lowest BCUT2D eigenvalue weighted by Gasteiger charge is -2.15. The Labute approximate surface area is 136 Å². The van der Waals surface area contributed by atoms with Gasteiger partial charge in [0.15, 0.2) is 0 Å². The summed E-state index contributed by atoms with van der Waals surface area (Å²) in [6.07, 6.45) is 0.241. The van der Waals surface area contributed by atoms with E-state index in [0.717, 1.165) is 11.0 Å². The van der Waals surface area contributed by atoms with Gasteiger partial charge in [-0.1, -0.05) is 23.7 Å². The highest BCUT2D eigenvalue weighted by atomic mass is 35.5. The highest BCUT2D eigenvalue weighted by molar-refractivity contribution is 6.30. The number of aromatic nitrogens is 2. The van der Waals surface area contributed by atoms with Crippen LogP contribution >= 0.6 is 11.6 Å². The van der Waals surface area contributed by atoms with Gasteiger partial charge in [0.05, 0.1) is 12.6 Å². The predicted octanol–water partition coefficient (Wildman–Crippen LogP) is 1.21. The first-order valence-electron chi connectivity index (χ1n) is 7.23. The van der Waals surface area contributed by atoms with Crippen LogP contribution in [-0.4, -0.2) is 14.2 Å². The fraction of sp³-hybridized carbons (Fsp3) is 0.312. The zero-order chi connectivity index (χ0) is 16.6. The third-order valence-electron chi connectivity index (χ3n) is 4.05. The van der Waals surface area contributed by atoms with Crippen molar-refractivity contribution in [3.8, 4) is 6.07 Å². The highest BCUT2D eigenvalue weighted by Gasteiger charge is 2.23. The van der Waals surface area contributed by atoms with Crippen LogP contribution in [0.15, 0.2) is 33.9 Å². The van der Waals surface area contributed by atoms with Gasteiger partial charge in [-0.05, 0) is 30.5 Å². The number of aliphatic hydroxyl groups is 1. The van der Waals surface area contributed by atoms with Crippen LogP contribution in [0.1, 0.15) is 29.3 Å². The second-order valence-corrected chi connectivity index (χ2v) is 5.89. The molecule has 0 aliphatic carbocycles. The number of nitriles is 1. The summed E-state index contributed by atoms with van der Waals surface area (Å²) in [5, 5.41) is 20.0. The molecule has 1 unspecified atom stereocenters. The van der Waals surface area contributed by atoms with E-state index in [1.54, 1.807) is 24.3 Å². The summed E-state index contributed by atoms with van der Waals surface area (Å²) in [7, 11) is 0. The van der Waals surface area contributed by atoms with Gasteiger partial charge in [0.25, 0.3) is 5.56 Å². The molecule has 1 aromatic heterocycles. The monoisotopic (exact) mass is 331 g/mol. The second kappa shape index (κ2) is 6.03. The van der Waals surface area contributed by atoms with E-state index in [1.807, 2.05) is 6.07 Å². The first-order chi connectivity index (χ1) is 11.0. The Morgan fingerprint density at radius 2 is 2.00 bits per heavy atom. The molecule has 1 N–H and O–H groups in total. The average molecular weight is 332 g/mol. The van der Waals surface area contributed by atoms with Gasteiger partial charge < -0.3 is 5.11 Å². The van der Waals surface area contributed by atoms with Crippen molar-refractivity contribution in [2.45, 2.75) is 32.0 Å². The van der Waals surface area contributed by atoms with Crippen LogP contribution in [0, 0.1) is 11.3 Å². The van der Waals surface area contributed by atoms with Gasteiger partial charge in [-0.15, -0.1) is 0 Å². The molecule has 0 amide bonds. The van der Waals surface area contributed by atoms with Crippen molar-refractivity contribution in [2.75, 3.05) is 0 Å². The molecule has 0 fully saturated rings. The van der Waals surface area contributed by atoms with Crippen LogP contribution in [0.5, 0.6) is 0 Å². The summed E-state index contributed by atoms with van der Waals surface area (Å²) in [4.78, 5) is 24.9. The summed E-state index contributed by atoms with van der Waals surface area (Å²) >= 11 is 5.80. The van der Waals surface area contributed by atoms with E-state index in [-0.39, 0.29) is 12.1 Å². The van der Waals surface area contributed by atoms with E-state index in [2.05, 4.69) is 0 Å². The minimum atomic E-state index is -1.04. The Bertz CT molecular complexity index is 906. The average Bonchev–Trinajstić information content (AvgIpc) is 3.02. The fourth-order valence-corrected chi connectivity index (χ4v) is 3.00. The molecule has 0 saturated heterocycles. The van der Waals surface area contributed by atoms with E-state index in [4.69, 9.17) is 11.6 Å². The number of fused-ring (bicyclic) bond motifs is 1. The highest BCUT2D eigenvalue weighted by Crippen LogP contribution is 2.18. The Hall–Kier alpha value is -2.36. The molecule has 1 aliphatic rings. The fourth-order valence-electron chi connectivity index (χ4n) is 2.87. The van der Waals surface area contributed by atoms with Gasteiger partial charge in [-0.2, -0.15) is 5.26 Å². The molecular formula is C16H14ClN3O3. The maximum atomic E-state index is 12.5. The largest absolute Gasteiger partial charge is 0.387 e. The van der Waals surface area contributed by atoms with Gasteiger partial charge >= 0.3 is 5.69 Å². The van der Waals surface area contributed by atoms with E-state index >= 15 is 0 Å². The van der Waals surface area contributed by atoms with Crippen LogP contribution in [-0.2, 0) is 19.5 Å². The molecule has 0 spiro atoms. The van der Waals surface area contributed by atoms with Crippen molar-refractivity contribution >= 4 is 11.6 Å². The Morgan fingerprint density at radius 3 is 2.65 bits per heavy atom. The molecular weight excluding hydrogens is 318 g/mol. The number of benzene rings is 1. The van der Waals surface area contributed by atoms with Crippen molar-refractivity contribution in [2.24, 2.45) is 0 Å². The lowest BCUT2D eigenvalue weighted by Crippen LogP contribution is -2.42. The van der Waals surface area contributed by atoms with Crippen LogP contribution in [0.4, 0.5) is 0 Å². The number of hydrogen-bond acceptors (Lipinski definition) is 4. The number of aliphatic hydroxyl groups excluding tert-OH is 1. The summed E-state index contributed by atoms with van der Waals surface area (Å²) in [5.74, 6) is 0. The van der Waals surface area contributed by atoms with Crippen molar-refractivity contribution in [1.29, 1.82) is 5.26 Å². The molecule has 0 radical (unpaired) electrons. The molecule has 2 heterocycles. The van der Waals surface area contributed by atoms with Gasteiger partial charge in [0, 0.05) is 17.3 Å². The second-order valence-electron chi connectivity index (χ2n) is 5.45. The van der Waals surface area contributed by atoms with Crippen LogP contribution in [0.25, 0.3) is 0 Å². The minimum absolute atomic E-state index is 0.00888. The molecule has 7 heteroatoms. The molecule has 0 bridgehead atoms. The lowest BCUT2D eigenvalue weighted by atomic mass is 10.1. The summed E-state index contributed by atoms with van der Waals surface area (Å²) in [5.41, 5.74) is -0.0805. The molecule has 1 aliphatic heterocycles. The SMILES string of the molecule is N#Cc1c2n(c(=O)n(CC(O)c3ccc(Cl)cc3)c1=O)CCC2. The lowest BCUT2D eigenvalue weighted by molar-refractivity contribution is 0.152. The minimum Gasteiger partial charge on any atom is -0.387 e. The van der Waals surface area contributed by atoms with E-state index in [9.17, 15) is 20.0 Å². The van der Waals surface area contributed by atoms with Crippen molar-refractivity contribution < 1.29 is 5.11 Å². The summed E-state index contributed by atoms with van der Waals surface area (Å²) < 4.78 is 2.39. The van der Waals surface area contributed by atoms with E-state index < -0.39 is 17.4 Å². The van der Waals surface area contributed by atoms with Crippen molar-refractivity contribution in [3.63, 3.8) is 0 Å². The number of hydrogen-bond donors (Lipinski definition) is 1. The Balaban J connectivity index is 2.04. The van der Waals surface area contributed by atoms with Crippen LogP contribution in [0.3, 0.4) is 0 Å². The first-order valence-corrected chi connectivity index (χ1v) is 7.61. The molecule has 1 atom stereocenters. The van der Waals surface area contributed by atoms with Gasteiger partial charge in [-0.3, -0.25) is 13.9 Å². The van der Waals surface area contributed by atoms with Gasteiger partial charge in [-0.25, -0.2) is 4.79 Å². The topological polar surface area (TPSA) is 88.0 Å². The van der Waals surface area contributed by atoms with Crippen LogP contribution < -0.4 is 11.2 Å². The number of nitrogens with zero attached hydrogens (tertiary/aromatic N) is 3. The zero-order valence-electron chi connectivity index (χ0n) is 12.2. The molecule has 3 rings (SSSR count). The third kappa shape index (κ3) is 2.69. The third-order valence-corrected chi connectivity index (χ3v) is 4.30. The number of rotatable bonds is 3. The molecule has 0 saturated carbocycles. The van der Waals surface area contributed by atoms with Crippen LogP contribution in [0.2, 0.25) is 5.02 Å². The normalized spacial score (nSPS) is 14.3. The van der Waals surface area contributed by atoms with Crippen molar-refractivity contribution in [3.05, 3.63) is 66.9 Å². The smallest absolute Gasteiger partial charge is 0.331 e. The quantitative estimate of drug-likeness (QED) is 0.915. The standard InChI is InChI=1S/C16H14ClN3O3/c17-11-5-3-10(4-6-11)14(21)9-20-15(22)12(8-18)13-2-1-7-19(13)16(20)23/h3-6,14,21H,1-2,7,9H2. The molecule has 118 valence electrons. The molecule has 23 heavy (non-hydrogen) atoms. The predicted molar refractivity (Wildman–Crippen MR) is 84.4 cm³/mol. The van der Waals surface area contributed by atoms with E-state index in [0.29, 0.717) is 29.2 Å². The molecule has 2 aromatic rings. The maximum absolute atomic E-state index is 12.5. The van der Waals surface area contributed by atoms with Gasteiger partial charge in [0.2, 0.25) is 0 Å². The first kappa shape index (κ1) is 15.5. The molecule has 1 aromatic carbocycles. The van der Waals surface area contributed by atoms with Gasteiger partial charge in [0.1, 0.15) is 11.6 Å². The maximum Gasteiger partial charge on any atom is 0.331 e.